The second-order valence-corrected chi connectivity index (χ2v) is 8.53. The van der Waals surface area contributed by atoms with Gasteiger partial charge in [-0.3, -0.25) is 4.79 Å². The molecule has 0 aromatic heterocycles. The molecule has 2 atom stereocenters. The zero-order valence-corrected chi connectivity index (χ0v) is 18.8. The lowest BCUT2D eigenvalue weighted by Crippen LogP contribution is -2.07. The van der Waals surface area contributed by atoms with E-state index < -0.39 is 0 Å². The lowest BCUT2D eigenvalue weighted by molar-refractivity contribution is -0.120. The molecular formula is C27H42O. The Morgan fingerprint density at radius 3 is 2.43 bits per heavy atom. The van der Waals surface area contributed by atoms with E-state index in [1.807, 2.05) is 6.92 Å². The first-order chi connectivity index (χ1) is 13.5. The summed E-state index contributed by atoms with van der Waals surface area (Å²) < 4.78 is 0. The summed E-state index contributed by atoms with van der Waals surface area (Å²) in [5.74, 6) is 1.19. The van der Waals surface area contributed by atoms with Crippen LogP contribution in [0.2, 0.25) is 0 Å². The molecule has 1 aromatic carbocycles. The van der Waals surface area contributed by atoms with Gasteiger partial charge in [0.25, 0.3) is 0 Å². The Morgan fingerprint density at radius 2 is 1.82 bits per heavy atom. The predicted molar refractivity (Wildman–Crippen MR) is 124 cm³/mol. The van der Waals surface area contributed by atoms with Crippen molar-refractivity contribution in [3.8, 4) is 0 Å². The Balaban J connectivity index is 2.29. The molecule has 0 saturated carbocycles. The maximum Gasteiger partial charge on any atom is 0.132 e. The van der Waals surface area contributed by atoms with Crippen molar-refractivity contribution in [1.82, 2.24) is 0 Å². The molecule has 0 radical (unpaired) electrons. The number of allylic oxidation sites excluding steroid dienone is 3. The van der Waals surface area contributed by atoms with Crippen LogP contribution in [0.1, 0.15) is 91.0 Å². The predicted octanol–water partition coefficient (Wildman–Crippen LogP) is 8.10. The van der Waals surface area contributed by atoms with Crippen molar-refractivity contribution in [2.45, 2.75) is 91.9 Å². The fourth-order valence-corrected chi connectivity index (χ4v) is 3.97. The molecule has 1 heteroatoms. The molecule has 0 spiro atoms. The van der Waals surface area contributed by atoms with Crippen LogP contribution in [-0.4, -0.2) is 5.78 Å². The van der Waals surface area contributed by atoms with E-state index in [4.69, 9.17) is 0 Å². The second kappa shape index (κ2) is 14.4. The minimum atomic E-state index is 0.103. The minimum absolute atomic E-state index is 0.103. The summed E-state index contributed by atoms with van der Waals surface area (Å²) >= 11 is 0. The monoisotopic (exact) mass is 382 g/mol. The van der Waals surface area contributed by atoms with E-state index in [0.717, 1.165) is 18.8 Å². The van der Waals surface area contributed by atoms with Crippen LogP contribution in [0.25, 0.3) is 0 Å². The van der Waals surface area contributed by atoms with Gasteiger partial charge >= 0.3 is 0 Å². The Hall–Kier alpha value is -1.63. The number of Topliss-reactive ketones (excluding diaryl/α,β-unsaturated/α-hetero) is 1. The van der Waals surface area contributed by atoms with Gasteiger partial charge in [0.1, 0.15) is 5.78 Å². The molecule has 0 heterocycles. The van der Waals surface area contributed by atoms with Crippen molar-refractivity contribution < 1.29 is 4.79 Å². The first-order valence-corrected chi connectivity index (χ1v) is 11.3. The normalized spacial score (nSPS) is 13.9. The van der Waals surface area contributed by atoms with Crippen LogP contribution < -0.4 is 0 Å². The number of carbonyl (C=O) groups excluding carboxylic acids is 1. The topological polar surface area (TPSA) is 17.1 Å². The van der Waals surface area contributed by atoms with Gasteiger partial charge in [0.2, 0.25) is 0 Å². The van der Waals surface area contributed by atoms with Crippen molar-refractivity contribution >= 4 is 5.78 Å². The Labute approximate surface area is 174 Å². The number of benzene rings is 1. The van der Waals surface area contributed by atoms with Crippen molar-refractivity contribution in [3.63, 3.8) is 0 Å². The second-order valence-electron chi connectivity index (χ2n) is 8.53. The van der Waals surface area contributed by atoms with Gasteiger partial charge in [0, 0.05) is 5.92 Å². The SMILES string of the molecule is C=C(CC(=CC)CCCCCC(CCC)Cc1ccccc1)CC(C)C(C)=O. The van der Waals surface area contributed by atoms with Crippen LogP contribution >= 0.6 is 0 Å². The fourth-order valence-electron chi connectivity index (χ4n) is 3.97. The molecule has 0 aliphatic rings. The first kappa shape index (κ1) is 24.4. The molecule has 0 aliphatic carbocycles. The molecule has 1 rings (SSSR count). The minimum Gasteiger partial charge on any atom is -0.300 e. The van der Waals surface area contributed by atoms with Gasteiger partial charge in [0.15, 0.2) is 0 Å². The van der Waals surface area contributed by atoms with E-state index in [9.17, 15) is 4.79 Å². The quantitative estimate of drug-likeness (QED) is 0.221. The molecule has 0 amide bonds. The highest BCUT2D eigenvalue weighted by molar-refractivity contribution is 5.78. The summed E-state index contributed by atoms with van der Waals surface area (Å²) in [5, 5.41) is 0. The molecule has 0 fully saturated rings. The largest absolute Gasteiger partial charge is 0.300 e. The molecule has 1 aromatic rings. The molecule has 1 nitrogen and oxygen atoms in total. The standard InChI is InChI=1S/C27H42O/c1-6-14-26(21-27-17-12-9-13-18-27)16-11-8-10-15-25(7-2)20-22(3)19-23(4)24(5)28/h7,9,12-13,17-18,23,26H,3,6,8,10-11,14-16,19-21H2,1-2,4-5H3. The van der Waals surface area contributed by atoms with Gasteiger partial charge in [-0.25, -0.2) is 0 Å². The molecule has 0 aliphatic heterocycles. The van der Waals surface area contributed by atoms with Crippen LogP contribution in [0.3, 0.4) is 0 Å². The summed E-state index contributed by atoms with van der Waals surface area (Å²) in [4.78, 5) is 11.4. The smallest absolute Gasteiger partial charge is 0.132 e. The number of hydrogen-bond acceptors (Lipinski definition) is 1. The number of unbranched alkanes of at least 4 members (excludes halogenated alkanes) is 2. The van der Waals surface area contributed by atoms with Crippen LogP contribution in [0.5, 0.6) is 0 Å². The molecule has 28 heavy (non-hydrogen) atoms. The first-order valence-electron chi connectivity index (χ1n) is 11.3. The van der Waals surface area contributed by atoms with Crippen LogP contribution in [0.4, 0.5) is 0 Å². The summed E-state index contributed by atoms with van der Waals surface area (Å²) in [6, 6.07) is 10.9. The number of carbonyl (C=O) groups is 1. The molecule has 2 unspecified atom stereocenters. The lowest BCUT2D eigenvalue weighted by Gasteiger charge is -2.16. The lowest BCUT2D eigenvalue weighted by atomic mass is 9.89. The molecule has 0 bridgehead atoms. The molecule has 0 N–H and O–H groups in total. The third-order valence-electron chi connectivity index (χ3n) is 5.85. The third kappa shape index (κ3) is 10.6. The van der Waals surface area contributed by atoms with Gasteiger partial charge in [0.05, 0.1) is 0 Å². The van der Waals surface area contributed by atoms with Crippen molar-refractivity contribution in [2.75, 3.05) is 0 Å². The Kier molecular flexibility index (Phi) is 12.5. The Bertz CT molecular complexity index is 596. The highest BCUT2D eigenvalue weighted by Crippen LogP contribution is 2.24. The maximum atomic E-state index is 11.4. The average Bonchev–Trinajstić information content (AvgIpc) is 2.67. The summed E-state index contributed by atoms with van der Waals surface area (Å²) in [7, 11) is 0. The van der Waals surface area contributed by atoms with Crippen molar-refractivity contribution in [1.29, 1.82) is 0 Å². The van der Waals surface area contributed by atoms with E-state index in [1.165, 1.54) is 68.1 Å². The fraction of sp³-hybridized carbons (Fsp3) is 0.593. The van der Waals surface area contributed by atoms with Crippen molar-refractivity contribution in [2.24, 2.45) is 11.8 Å². The van der Waals surface area contributed by atoms with Crippen molar-refractivity contribution in [3.05, 3.63) is 59.7 Å². The summed E-state index contributed by atoms with van der Waals surface area (Å²) in [5.41, 5.74) is 4.16. The molecular weight excluding hydrogens is 340 g/mol. The number of hydrogen-bond donors (Lipinski definition) is 0. The van der Waals surface area contributed by atoms with E-state index in [2.05, 4.69) is 56.8 Å². The summed E-state index contributed by atoms with van der Waals surface area (Å²) in [6.45, 7) is 12.3. The van der Waals surface area contributed by atoms with Gasteiger partial charge < -0.3 is 0 Å². The van der Waals surface area contributed by atoms with E-state index in [0.29, 0.717) is 0 Å². The highest BCUT2D eigenvalue weighted by Gasteiger charge is 2.11. The Morgan fingerprint density at radius 1 is 1.11 bits per heavy atom. The maximum absolute atomic E-state index is 11.4. The molecule has 0 saturated heterocycles. The number of ketones is 1. The highest BCUT2D eigenvalue weighted by atomic mass is 16.1. The van der Waals surface area contributed by atoms with Gasteiger partial charge in [-0.05, 0) is 57.4 Å². The molecule has 156 valence electrons. The van der Waals surface area contributed by atoms with E-state index >= 15 is 0 Å². The zero-order chi connectivity index (χ0) is 20.8. The average molecular weight is 383 g/mol. The van der Waals surface area contributed by atoms with Crippen LogP contribution in [-0.2, 0) is 11.2 Å². The van der Waals surface area contributed by atoms with E-state index in [1.54, 1.807) is 6.92 Å². The van der Waals surface area contributed by atoms with Crippen LogP contribution in [0.15, 0.2) is 54.1 Å². The zero-order valence-electron chi connectivity index (χ0n) is 18.8. The van der Waals surface area contributed by atoms with Gasteiger partial charge in [-0.1, -0.05) is 100 Å². The summed E-state index contributed by atoms with van der Waals surface area (Å²) in [6.07, 6.45) is 14.3. The third-order valence-corrected chi connectivity index (χ3v) is 5.85. The van der Waals surface area contributed by atoms with Gasteiger partial charge in [-0.2, -0.15) is 0 Å². The number of rotatable bonds is 15. The van der Waals surface area contributed by atoms with E-state index in [-0.39, 0.29) is 11.7 Å². The van der Waals surface area contributed by atoms with Crippen LogP contribution in [0, 0.1) is 11.8 Å². The van der Waals surface area contributed by atoms with Gasteiger partial charge in [-0.15, -0.1) is 0 Å².